The Morgan fingerprint density at radius 3 is 2.69 bits per heavy atom. The van der Waals surface area contributed by atoms with E-state index < -0.39 is 24.0 Å². The zero-order chi connectivity index (χ0) is 11.1. The van der Waals surface area contributed by atoms with Crippen LogP contribution < -0.4 is 11.0 Å². The van der Waals surface area contributed by atoms with Crippen molar-refractivity contribution in [2.45, 2.75) is 25.4 Å². The first-order chi connectivity index (χ1) is 6.52. The molecule has 0 aromatic carbocycles. The predicted octanol–water partition coefficient (Wildman–Crippen LogP) is -1.71. The first-order valence-electron chi connectivity index (χ1n) is 4.34. The average molecular weight is 191 g/mol. The maximum absolute atomic E-state index is 11.1. The van der Waals surface area contributed by atoms with E-state index >= 15 is 0 Å². The van der Waals surface area contributed by atoms with Crippen LogP contribution in [0.5, 0.6) is 0 Å². The number of aliphatic hydroxyl groups excluding tert-OH is 1. The van der Waals surface area contributed by atoms with E-state index in [0.29, 0.717) is 0 Å². The van der Waals surface area contributed by atoms with E-state index in [1.165, 1.54) is 6.92 Å². The second kappa shape index (κ2) is 5.50. The molecule has 0 rings (SSSR count). The van der Waals surface area contributed by atoms with Crippen molar-refractivity contribution >= 4 is 11.9 Å². The summed E-state index contributed by atoms with van der Waals surface area (Å²) in [5.74, 6) is -1.79. The number of rotatable bonds is 6. The molecule has 0 aromatic rings. The van der Waals surface area contributed by atoms with E-state index in [4.69, 9.17) is 11.6 Å². The van der Waals surface area contributed by atoms with Gasteiger partial charge in [-0.3, -0.25) is 4.79 Å². The SMILES string of the molecule is [2H]N[C@H](C)C(=O)N[C@@H](CCO)C(=O)O. The Bertz CT molecular complexity index is 212. The first-order valence-corrected chi connectivity index (χ1v) is 3.84. The lowest BCUT2D eigenvalue weighted by molar-refractivity contribution is -0.142. The third kappa shape index (κ3) is 4.44. The van der Waals surface area contributed by atoms with Crippen LogP contribution in [-0.4, -0.2) is 40.8 Å². The molecule has 0 radical (unpaired) electrons. The minimum Gasteiger partial charge on any atom is -0.480 e. The van der Waals surface area contributed by atoms with Crippen LogP contribution >= 0.6 is 0 Å². The molecule has 0 aliphatic carbocycles. The number of amides is 1. The van der Waals surface area contributed by atoms with Crippen molar-refractivity contribution in [2.24, 2.45) is 5.73 Å². The Kier molecular flexibility index (Phi) is 4.20. The average Bonchev–Trinajstić information content (AvgIpc) is 2.15. The van der Waals surface area contributed by atoms with Gasteiger partial charge in [-0.05, 0) is 6.92 Å². The third-order valence-electron chi connectivity index (χ3n) is 1.43. The van der Waals surface area contributed by atoms with Crippen molar-refractivity contribution < 1.29 is 21.2 Å². The first kappa shape index (κ1) is 9.94. The fourth-order valence-corrected chi connectivity index (χ4v) is 0.683. The van der Waals surface area contributed by atoms with Crippen molar-refractivity contribution in [3.8, 4) is 0 Å². The lowest BCUT2D eigenvalue weighted by atomic mass is 10.2. The minimum absolute atomic E-state index is 0.0498. The molecule has 0 fully saturated rings. The number of carbonyl (C=O) groups is 2. The molecule has 0 aromatic heterocycles. The van der Waals surface area contributed by atoms with Crippen molar-refractivity contribution in [3.05, 3.63) is 0 Å². The molecule has 0 heterocycles. The van der Waals surface area contributed by atoms with Gasteiger partial charge in [-0.25, -0.2) is 4.79 Å². The number of nitrogens with two attached hydrogens (primary N) is 1. The molecule has 13 heavy (non-hydrogen) atoms. The number of nitrogens with one attached hydrogen (secondary N) is 1. The number of carbonyl (C=O) groups excluding carboxylic acids is 1. The molecule has 76 valence electrons. The Labute approximate surface area is 77.2 Å². The van der Waals surface area contributed by atoms with Crippen molar-refractivity contribution in [3.63, 3.8) is 0 Å². The fraction of sp³-hybridized carbons (Fsp3) is 0.714. The fourth-order valence-electron chi connectivity index (χ4n) is 0.683. The largest absolute Gasteiger partial charge is 0.480 e. The van der Waals surface area contributed by atoms with Gasteiger partial charge in [0.2, 0.25) is 5.91 Å². The van der Waals surface area contributed by atoms with Crippen LogP contribution in [0.3, 0.4) is 0 Å². The summed E-state index contributed by atoms with van der Waals surface area (Å²) in [7, 11) is 0. The van der Waals surface area contributed by atoms with Crippen molar-refractivity contribution in [1.29, 1.82) is 0 Å². The molecular weight excluding hydrogens is 176 g/mol. The lowest BCUT2D eigenvalue weighted by Crippen LogP contribution is -2.47. The summed E-state index contributed by atoms with van der Waals surface area (Å²) >= 11 is 0. The summed E-state index contributed by atoms with van der Waals surface area (Å²) in [6.45, 7) is 1.11. The van der Waals surface area contributed by atoms with Crippen molar-refractivity contribution in [2.75, 3.05) is 6.61 Å². The quantitative estimate of drug-likeness (QED) is 0.399. The molecule has 6 heteroatoms. The monoisotopic (exact) mass is 191 g/mol. The highest BCUT2D eigenvalue weighted by molar-refractivity contribution is 5.86. The van der Waals surface area contributed by atoms with Crippen LogP contribution in [0.1, 0.15) is 13.3 Å². The molecule has 2 atom stereocenters. The molecule has 0 unspecified atom stereocenters. The standard InChI is InChI=1S/C7H14N2O4/c1-4(8)6(11)9-5(2-3-10)7(12)13/h4-5,10H,2-3,8H2,1H3,(H,9,11)(H,12,13)/t4-,5+/m1/s1/i/hD. The number of aliphatic carboxylic acids is 1. The van der Waals surface area contributed by atoms with Crippen LogP contribution in [0.4, 0.5) is 0 Å². The summed E-state index contributed by atoms with van der Waals surface area (Å²) in [5.41, 5.74) is 1.93. The van der Waals surface area contributed by atoms with Gasteiger partial charge in [0.25, 0.3) is 0 Å². The Morgan fingerprint density at radius 2 is 2.31 bits per heavy atom. The molecule has 0 aliphatic heterocycles. The Balaban J connectivity index is 4.15. The van der Waals surface area contributed by atoms with Gasteiger partial charge in [0.05, 0.1) is 6.04 Å². The second-order valence-corrected chi connectivity index (χ2v) is 2.63. The Morgan fingerprint density at radius 1 is 1.69 bits per heavy atom. The van der Waals surface area contributed by atoms with E-state index in [1.54, 1.807) is 0 Å². The van der Waals surface area contributed by atoms with Crippen LogP contribution in [-0.2, 0) is 9.59 Å². The molecule has 1 amide bonds. The summed E-state index contributed by atoms with van der Waals surface area (Å²) in [6.07, 6.45) is -0.0498. The minimum atomic E-state index is -1.20. The summed E-state index contributed by atoms with van der Waals surface area (Å²) in [6, 6.07) is -1.89. The molecule has 0 spiro atoms. The van der Waals surface area contributed by atoms with E-state index in [2.05, 4.69) is 5.32 Å². The summed E-state index contributed by atoms with van der Waals surface area (Å²) < 4.78 is 6.69. The van der Waals surface area contributed by atoms with Gasteiger partial charge in [0, 0.05) is 13.0 Å². The number of carboxylic acids is 1. The van der Waals surface area contributed by atoms with Crippen molar-refractivity contribution in [1.82, 2.24) is 5.32 Å². The molecule has 5 N–H and O–H groups in total. The molecule has 0 saturated heterocycles. The van der Waals surface area contributed by atoms with Gasteiger partial charge in [0.15, 0.2) is 0 Å². The lowest BCUT2D eigenvalue weighted by Gasteiger charge is -2.14. The molecular formula is C7H14N2O4. The maximum Gasteiger partial charge on any atom is 0.326 e. The number of hydrogen-bond acceptors (Lipinski definition) is 4. The second-order valence-electron chi connectivity index (χ2n) is 2.63. The van der Waals surface area contributed by atoms with Gasteiger partial charge in [-0.15, -0.1) is 0 Å². The number of carboxylic acid groups (broad SMARTS) is 1. The summed E-state index contributed by atoms with van der Waals surface area (Å²) in [4.78, 5) is 21.7. The van der Waals surface area contributed by atoms with Gasteiger partial charge < -0.3 is 21.3 Å². The van der Waals surface area contributed by atoms with Crippen LogP contribution in [0.2, 0.25) is 1.41 Å². The van der Waals surface area contributed by atoms with E-state index in [0.717, 1.165) is 0 Å². The van der Waals surface area contributed by atoms with Gasteiger partial charge in [-0.2, -0.15) is 0 Å². The zero-order valence-corrected chi connectivity index (χ0v) is 7.28. The molecule has 6 nitrogen and oxygen atoms in total. The van der Waals surface area contributed by atoms with E-state index in [-0.39, 0.29) is 13.0 Å². The zero-order valence-electron chi connectivity index (χ0n) is 8.28. The third-order valence-corrected chi connectivity index (χ3v) is 1.43. The molecule has 0 saturated carbocycles. The van der Waals surface area contributed by atoms with Gasteiger partial charge in [0.1, 0.15) is 7.45 Å². The summed E-state index contributed by atoms with van der Waals surface area (Å²) in [5, 5.41) is 19.3. The number of hydrogen-bond donors (Lipinski definition) is 4. The Hall–Kier alpha value is -1.14. The smallest absolute Gasteiger partial charge is 0.326 e. The highest BCUT2D eigenvalue weighted by Gasteiger charge is 2.20. The molecule has 0 aliphatic rings. The highest BCUT2D eigenvalue weighted by Crippen LogP contribution is 1.92. The molecule has 0 bridgehead atoms. The number of aliphatic hydroxyl groups is 1. The van der Waals surface area contributed by atoms with E-state index in [9.17, 15) is 9.59 Å². The highest BCUT2D eigenvalue weighted by atomic mass is 16.4. The maximum atomic E-state index is 11.1. The van der Waals surface area contributed by atoms with Crippen LogP contribution in [0.25, 0.3) is 0 Å². The van der Waals surface area contributed by atoms with Crippen LogP contribution in [0, 0.1) is 0 Å². The van der Waals surface area contributed by atoms with Gasteiger partial charge in [-0.1, -0.05) is 0 Å². The topological polar surface area (TPSA) is 113 Å². The van der Waals surface area contributed by atoms with Gasteiger partial charge >= 0.3 is 5.97 Å². The van der Waals surface area contributed by atoms with Crippen LogP contribution in [0.15, 0.2) is 0 Å². The normalized spacial score (nSPS) is 15.7. The van der Waals surface area contributed by atoms with E-state index in [1.807, 2.05) is 5.73 Å². The predicted molar refractivity (Wildman–Crippen MR) is 44.9 cm³/mol.